The Balaban J connectivity index is 1.88. The van der Waals surface area contributed by atoms with Gasteiger partial charge in [-0.25, -0.2) is 4.98 Å². The van der Waals surface area contributed by atoms with Gasteiger partial charge in [-0.3, -0.25) is 4.79 Å². The van der Waals surface area contributed by atoms with Crippen LogP contribution in [0.3, 0.4) is 0 Å². The summed E-state index contributed by atoms with van der Waals surface area (Å²) < 4.78 is 5.69. The molecule has 0 radical (unpaired) electrons. The third kappa shape index (κ3) is 3.22. The molecule has 0 spiro atoms. The molecule has 0 bridgehead atoms. The first-order valence-electron chi connectivity index (χ1n) is 7.42. The molecule has 1 heterocycles. The van der Waals surface area contributed by atoms with Crippen molar-refractivity contribution in [1.82, 2.24) is 4.98 Å². The number of aryl methyl sites for hydroxylation is 1. The first-order valence-corrected chi connectivity index (χ1v) is 7.80. The molecule has 3 rings (SSSR count). The third-order valence-electron chi connectivity index (χ3n) is 3.53. The van der Waals surface area contributed by atoms with E-state index in [1.165, 1.54) is 0 Å². The van der Waals surface area contributed by atoms with Gasteiger partial charge < -0.3 is 9.73 Å². The molecule has 4 nitrogen and oxygen atoms in total. The van der Waals surface area contributed by atoms with E-state index in [1.807, 2.05) is 32.9 Å². The Morgan fingerprint density at radius 1 is 1.22 bits per heavy atom. The zero-order valence-electron chi connectivity index (χ0n) is 13.2. The summed E-state index contributed by atoms with van der Waals surface area (Å²) in [6.45, 7) is 5.97. The van der Waals surface area contributed by atoms with Crippen molar-refractivity contribution in [2.45, 2.75) is 26.7 Å². The van der Waals surface area contributed by atoms with Gasteiger partial charge in [-0.05, 0) is 42.8 Å². The molecule has 23 heavy (non-hydrogen) atoms. The van der Waals surface area contributed by atoms with Crippen LogP contribution in [0.5, 0.6) is 0 Å². The number of rotatable bonds is 3. The second-order valence-electron chi connectivity index (χ2n) is 5.83. The summed E-state index contributed by atoms with van der Waals surface area (Å²) in [6.07, 6.45) is 0. The van der Waals surface area contributed by atoms with Gasteiger partial charge in [0.2, 0.25) is 0 Å². The maximum Gasteiger partial charge on any atom is 0.255 e. The molecular weight excluding hydrogens is 312 g/mol. The Kier molecular flexibility index (Phi) is 4.09. The molecule has 3 aromatic rings. The van der Waals surface area contributed by atoms with E-state index in [-0.39, 0.29) is 11.8 Å². The molecule has 0 unspecified atom stereocenters. The molecule has 118 valence electrons. The highest BCUT2D eigenvalue weighted by molar-refractivity contribution is 6.34. The molecule has 0 aliphatic carbocycles. The van der Waals surface area contributed by atoms with Crippen molar-refractivity contribution >= 4 is 34.3 Å². The highest BCUT2D eigenvalue weighted by Gasteiger charge is 2.13. The minimum atomic E-state index is -0.236. The van der Waals surface area contributed by atoms with Crippen LogP contribution in [0.2, 0.25) is 5.02 Å². The van der Waals surface area contributed by atoms with Crippen molar-refractivity contribution in [3.05, 3.63) is 58.4 Å². The van der Waals surface area contributed by atoms with Crippen molar-refractivity contribution in [1.29, 1.82) is 0 Å². The molecule has 0 aliphatic heterocycles. The highest BCUT2D eigenvalue weighted by atomic mass is 35.5. The lowest BCUT2D eigenvalue weighted by Crippen LogP contribution is -2.12. The molecule has 1 amide bonds. The standard InChI is InChI=1S/C18H17ClN2O2/c1-10(2)18-21-15-7-5-12(9-16(15)23-18)17(22)20-14-6-4-11(3)8-13(14)19/h4-10H,1-3H3,(H,20,22). The molecule has 0 atom stereocenters. The first-order chi connectivity index (χ1) is 10.9. The smallest absolute Gasteiger partial charge is 0.255 e. The van der Waals surface area contributed by atoms with Gasteiger partial charge in [0.1, 0.15) is 5.52 Å². The molecule has 2 aromatic carbocycles. The van der Waals surface area contributed by atoms with Crippen LogP contribution in [-0.4, -0.2) is 10.9 Å². The fraction of sp³-hybridized carbons (Fsp3) is 0.222. The van der Waals surface area contributed by atoms with E-state index in [1.54, 1.807) is 24.3 Å². The van der Waals surface area contributed by atoms with Gasteiger partial charge in [0.15, 0.2) is 11.5 Å². The normalized spacial score (nSPS) is 11.2. The molecule has 0 saturated heterocycles. The summed E-state index contributed by atoms with van der Waals surface area (Å²) in [7, 11) is 0. The average Bonchev–Trinajstić information content (AvgIpc) is 2.93. The number of hydrogen-bond acceptors (Lipinski definition) is 3. The van der Waals surface area contributed by atoms with Gasteiger partial charge in [-0.1, -0.05) is 31.5 Å². The minimum Gasteiger partial charge on any atom is -0.440 e. The van der Waals surface area contributed by atoms with Crippen LogP contribution in [0.1, 0.15) is 41.6 Å². The number of anilines is 1. The predicted molar refractivity (Wildman–Crippen MR) is 92.2 cm³/mol. The summed E-state index contributed by atoms with van der Waals surface area (Å²) in [5.41, 5.74) is 3.48. The van der Waals surface area contributed by atoms with E-state index < -0.39 is 0 Å². The number of carbonyl (C=O) groups excluding carboxylic acids is 1. The molecule has 0 aliphatic rings. The maximum absolute atomic E-state index is 12.4. The van der Waals surface area contributed by atoms with E-state index in [0.29, 0.717) is 27.7 Å². The van der Waals surface area contributed by atoms with Gasteiger partial charge in [0, 0.05) is 11.5 Å². The molecule has 5 heteroatoms. The second kappa shape index (κ2) is 6.05. The van der Waals surface area contributed by atoms with E-state index in [9.17, 15) is 4.79 Å². The summed E-state index contributed by atoms with van der Waals surface area (Å²) in [6, 6.07) is 10.7. The van der Waals surface area contributed by atoms with Crippen molar-refractivity contribution in [3.63, 3.8) is 0 Å². The highest BCUT2D eigenvalue weighted by Crippen LogP contribution is 2.25. The fourth-order valence-electron chi connectivity index (χ4n) is 2.25. The zero-order chi connectivity index (χ0) is 16.6. The topological polar surface area (TPSA) is 55.1 Å². The van der Waals surface area contributed by atoms with Crippen LogP contribution < -0.4 is 5.32 Å². The number of fused-ring (bicyclic) bond motifs is 1. The van der Waals surface area contributed by atoms with Crippen LogP contribution in [-0.2, 0) is 0 Å². The number of carbonyl (C=O) groups is 1. The van der Waals surface area contributed by atoms with Crippen molar-refractivity contribution < 1.29 is 9.21 Å². The Bertz CT molecular complexity index is 884. The number of halogens is 1. The molecular formula is C18H17ClN2O2. The number of aromatic nitrogens is 1. The van der Waals surface area contributed by atoms with E-state index in [0.717, 1.165) is 11.1 Å². The summed E-state index contributed by atoms with van der Waals surface area (Å²) in [4.78, 5) is 16.8. The van der Waals surface area contributed by atoms with E-state index in [4.69, 9.17) is 16.0 Å². The average molecular weight is 329 g/mol. The summed E-state index contributed by atoms with van der Waals surface area (Å²) in [5, 5.41) is 3.33. The lowest BCUT2D eigenvalue weighted by atomic mass is 10.1. The Morgan fingerprint density at radius 3 is 2.70 bits per heavy atom. The Hall–Kier alpha value is -2.33. The van der Waals surface area contributed by atoms with Crippen LogP contribution in [0.15, 0.2) is 40.8 Å². The van der Waals surface area contributed by atoms with Gasteiger partial charge in [-0.2, -0.15) is 0 Å². The molecule has 1 aromatic heterocycles. The zero-order valence-corrected chi connectivity index (χ0v) is 13.9. The number of amides is 1. The first kappa shape index (κ1) is 15.6. The van der Waals surface area contributed by atoms with Crippen LogP contribution in [0.4, 0.5) is 5.69 Å². The molecule has 0 saturated carbocycles. The number of hydrogen-bond donors (Lipinski definition) is 1. The Morgan fingerprint density at radius 2 is 2.00 bits per heavy atom. The summed E-state index contributed by atoms with van der Waals surface area (Å²) >= 11 is 6.15. The minimum absolute atomic E-state index is 0.200. The molecule has 1 N–H and O–H groups in total. The number of nitrogens with zero attached hydrogens (tertiary/aromatic N) is 1. The van der Waals surface area contributed by atoms with E-state index in [2.05, 4.69) is 10.3 Å². The number of nitrogens with one attached hydrogen (secondary N) is 1. The quantitative estimate of drug-likeness (QED) is 0.722. The van der Waals surface area contributed by atoms with Gasteiger partial charge >= 0.3 is 0 Å². The van der Waals surface area contributed by atoms with E-state index >= 15 is 0 Å². The SMILES string of the molecule is Cc1ccc(NC(=O)c2ccc3nc(C(C)C)oc3c2)c(Cl)c1. The number of oxazole rings is 1. The van der Waals surface area contributed by atoms with Crippen LogP contribution in [0, 0.1) is 6.92 Å². The fourth-order valence-corrected chi connectivity index (χ4v) is 2.53. The lowest BCUT2D eigenvalue weighted by molar-refractivity contribution is 0.102. The maximum atomic E-state index is 12.4. The Labute approximate surface area is 139 Å². The van der Waals surface area contributed by atoms with Crippen molar-refractivity contribution in [3.8, 4) is 0 Å². The van der Waals surface area contributed by atoms with Gasteiger partial charge in [0.05, 0.1) is 10.7 Å². The predicted octanol–water partition coefficient (Wildman–Crippen LogP) is 5.17. The van der Waals surface area contributed by atoms with Gasteiger partial charge in [0.25, 0.3) is 5.91 Å². The van der Waals surface area contributed by atoms with Crippen molar-refractivity contribution in [2.24, 2.45) is 0 Å². The molecule has 0 fully saturated rings. The monoisotopic (exact) mass is 328 g/mol. The van der Waals surface area contributed by atoms with Crippen LogP contribution in [0.25, 0.3) is 11.1 Å². The number of benzene rings is 2. The lowest BCUT2D eigenvalue weighted by Gasteiger charge is -2.07. The largest absolute Gasteiger partial charge is 0.440 e. The van der Waals surface area contributed by atoms with Crippen LogP contribution >= 0.6 is 11.6 Å². The second-order valence-corrected chi connectivity index (χ2v) is 6.23. The van der Waals surface area contributed by atoms with Gasteiger partial charge in [-0.15, -0.1) is 0 Å². The third-order valence-corrected chi connectivity index (χ3v) is 3.85. The summed E-state index contributed by atoms with van der Waals surface area (Å²) in [5.74, 6) is 0.630. The van der Waals surface area contributed by atoms with Crippen molar-refractivity contribution in [2.75, 3.05) is 5.32 Å².